The number of sulfonamides is 1. The number of para-hydroxylation sites is 1. The summed E-state index contributed by atoms with van der Waals surface area (Å²) in [5, 5.41) is 4.84. The number of amides is 1. The third kappa shape index (κ3) is 5.28. The van der Waals surface area contributed by atoms with Gasteiger partial charge in [-0.15, -0.1) is 22.7 Å². The average Bonchev–Trinajstić information content (AvgIpc) is 3.49. The Bertz CT molecular complexity index is 1520. The Hall–Kier alpha value is -2.63. The fourth-order valence-corrected chi connectivity index (χ4v) is 8.63. The van der Waals surface area contributed by atoms with Crippen molar-refractivity contribution in [3.63, 3.8) is 0 Å². The maximum atomic E-state index is 13.3. The maximum absolute atomic E-state index is 13.3. The number of nitrogens with one attached hydrogen (secondary N) is 1. The Morgan fingerprint density at radius 1 is 1.11 bits per heavy atom. The van der Waals surface area contributed by atoms with Gasteiger partial charge in [-0.2, -0.15) is 4.31 Å². The molecule has 1 amide bonds. The highest BCUT2D eigenvalue weighted by Crippen LogP contribution is 2.45. The van der Waals surface area contributed by atoms with Crippen LogP contribution in [0.25, 0.3) is 20.8 Å². The summed E-state index contributed by atoms with van der Waals surface area (Å²) in [5.41, 5.74) is 3.64. The molecule has 1 aliphatic rings. The van der Waals surface area contributed by atoms with Gasteiger partial charge in [0.1, 0.15) is 10.0 Å². The molecule has 0 atom stereocenters. The van der Waals surface area contributed by atoms with Crippen LogP contribution in [0.3, 0.4) is 0 Å². The van der Waals surface area contributed by atoms with Crippen LogP contribution in [0.15, 0.2) is 53.4 Å². The number of fused-ring (bicyclic) bond motifs is 2. The number of thiophene rings is 1. The zero-order valence-corrected chi connectivity index (χ0v) is 24.3. The van der Waals surface area contributed by atoms with E-state index in [4.69, 9.17) is 4.98 Å². The largest absolute Gasteiger partial charge is 0.313 e. The first-order valence-electron chi connectivity index (χ1n) is 12.9. The van der Waals surface area contributed by atoms with E-state index < -0.39 is 10.0 Å². The molecule has 0 unspecified atom stereocenters. The zero-order chi connectivity index (χ0) is 26.9. The Morgan fingerprint density at radius 3 is 2.58 bits per heavy atom. The molecule has 38 heavy (non-hydrogen) atoms. The highest BCUT2D eigenvalue weighted by Gasteiger charge is 2.27. The van der Waals surface area contributed by atoms with Crippen molar-refractivity contribution in [1.82, 2.24) is 14.2 Å². The molecular weight excluding hydrogens is 537 g/mol. The molecule has 7 nitrogen and oxygen atoms in total. The van der Waals surface area contributed by atoms with Gasteiger partial charge in [0.25, 0.3) is 5.91 Å². The molecule has 2 aromatic heterocycles. The van der Waals surface area contributed by atoms with Crippen LogP contribution in [0, 0.1) is 0 Å². The van der Waals surface area contributed by atoms with Crippen LogP contribution in [0.2, 0.25) is 0 Å². The summed E-state index contributed by atoms with van der Waals surface area (Å²) < 4.78 is 28.8. The maximum Gasteiger partial charge on any atom is 0.256 e. The average molecular weight is 569 g/mol. The molecule has 0 radical (unpaired) electrons. The van der Waals surface area contributed by atoms with E-state index in [9.17, 15) is 13.2 Å². The Balaban J connectivity index is 1.44. The predicted molar refractivity (Wildman–Crippen MR) is 157 cm³/mol. The quantitative estimate of drug-likeness (QED) is 0.265. The van der Waals surface area contributed by atoms with Crippen LogP contribution in [0.5, 0.6) is 0 Å². The number of nitrogens with zero attached hydrogens (tertiary/aromatic N) is 3. The van der Waals surface area contributed by atoms with Crippen molar-refractivity contribution in [3.05, 3.63) is 64.5 Å². The number of likely N-dealkylation sites (N-methyl/N-ethyl adjacent to an activating group) is 1. The number of hydrogen-bond acceptors (Lipinski definition) is 7. The lowest BCUT2D eigenvalue weighted by atomic mass is 10.0. The summed E-state index contributed by atoms with van der Waals surface area (Å²) >= 11 is 3.25. The first-order valence-corrected chi connectivity index (χ1v) is 16.0. The Morgan fingerprint density at radius 2 is 1.87 bits per heavy atom. The lowest BCUT2D eigenvalue weighted by Gasteiger charge is -2.22. The standard InChI is InChI=1S/C28H32N4O3S3/c1-4-6-16-32(5-2)38(34,35)20-13-11-19(12-14-20)26(33)30-28-25(21-15-17-31(3)18-24(21)37-28)27-29-22-9-7-8-10-23(22)36-27/h7-14H,4-6,15-18H2,1-3H3,(H,30,33). The van der Waals surface area contributed by atoms with Gasteiger partial charge in [0.15, 0.2) is 0 Å². The molecule has 2 aromatic carbocycles. The summed E-state index contributed by atoms with van der Waals surface area (Å²) in [6.07, 6.45) is 2.64. The van der Waals surface area contributed by atoms with E-state index in [0.717, 1.165) is 58.1 Å². The van der Waals surface area contributed by atoms with Crippen LogP contribution in [-0.4, -0.2) is 55.2 Å². The molecule has 3 heterocycles. The summed E-state index contributed by atoms with van der Waals surface area (Å²) in [6, 6.07) is 14.3. The minimum atomic E-state index is -3.60. The van der Waals surface area contributed by atoms with Crippen molar-refractivity contribution in [2.45, 2.75) is 44.6 Å². The number of unbranched alkanes of at least 4 members (excludes halogenated alkanes) is 1. The SMILES string of the molecule is CCCCN(CC)S(=O)(=O)c1ccc(C(=O)Nc2sc3c(c2-c2nc4ccccc4s2)CCN(C)C3)cc1. The number of rotatable bonds is 9. The molecule has 4 aromatic rings. The number of aromatic nitrogens is 1. The highest BCUT2D eigenvalue weighted by atomic mass is 32.2. The number of hydrogen-bond donors (Lipinski definition) is 1. The lowest BCUT2D eigenvalue weighted by molar-refractivity contribution is 0.102. The normalized spacial score (nSPS) is 14.2. The lowest BCUT2D eigenvalue weighted by Crippen LogP contribution is -2.31. The van der Waals surface area contributed by atoms with Gasteiger partial charge in [-0.05, 0) is 61.9 Å². The molecule has 0 fully saturated rings. The molecule has 1 aliphatic heterocycles. The van der Waals surface area contributed by atoms with Crippen molar-refractivity contribution in [1.29, 1.82) is 0 Å². The van der Waals surface area contributed by atoms with E-state index in [1.165, 1.54) is 26.9 Å². The van der Waals surface area contributed by atoms with Gasteiger partial charge >= 0.3 is 0 Å². The number of carbonyl (C=O) groups excluding carboxylic acids is 1. The second-order valence-electron chi connectivity index (χ2n) is 9.51. The predicted octanol–water partition coefficient (Wildman–Crippen LogP) is 6.08. The third-order valence-corrected chi connectivity index (χ3v) is 11.0. The summed E-state index contributed by atoms with van der Waals surface area (Å²) in [5.74, 6) is -0.262. The Labute approximate surface area is 232 Å². The van der Waals surface area contributed by atoms with E-state index in [1.807, 2.05) is 32.0 Å². The number of benzene rings is 2. The van der Waals surface area contributed by atoms with Gasteiger partial charge < -0.3 is 10.2 Å². The molecule has 0 aliphatic carbocycles. The minimum Gasteiger partial charge on any atom is -0.313 e. The van der Waals surface area contributed by atoms with Crippen LogP contribution >= 0.6 is 22.7 Å². The monoisotopic (exact) mass is 568 g/mol. The molecule has 0 saturated heterocycles. The smallest absolute Gasteiger partial charge is 0.256 e. The number of anilines is 1. The molecule has 0 spiro atoms. The summed E-state index contributed by atoms with van der Waals surface area (Å²) in [4.78, 5) is 22.0. The molecule has 1 N–H and O–H groups in total. The number of thiazole rings is 1. The second kappa shape index (κ2) is 11.2. The zero-order valence-electron chi connectivity index (χ0n) is 21.9. The van der Waals surface area contributed by atoms with Gasteiger partial charge in [-0.3, -0.25) is 4.79 Å². The van der Waals surface area contributed by atoms with E-state index in [2.05, 4.69) is 23.3 Å². The van der Waals surface area contributed by atoms with E-state index in [-0.39, 0.29) is 10.8 Å². The van der Waals surface area contributed by atoms with Crippen molar-refractivity contribution >= 4 is 53.8 Å². The second-order valence-corrected chi connectivity index (χ2v) is 13.6. The van der Waals surface area contributed by atoms with E-state index in [0.29, 0.717) is 18.7 Å². The molecule has 5 rings (SSSR count). The fraction of sp³-hybridized carbons (Fsp3) is 0.357. The van der Waals surface area contributed by atoms with Crippen LogP contribution < -0.4 is 5.32 Å². The van der Waals surface area contributed by atoms with Gasteiger partial charge in [0.2, 0.25) is 10.0 Å². The van der Waals surface area contributed by atoms with Gasteiger partial charge in [-0.25, -0.2) is 13.4 Å². The van der Waals surface area contributed by atoms with Crippen molar-refractivity contribution in [2.75, 3.05) is 32.0 Å². The molecule has 200 valence electrons. The van der Waals surface area contributed by atoms with Crippen LogP contribution in [0.1, 0.15) is 47.5 Å². The topological polar surface area (TPSA) is 82.6 Å². The number of carbonyl (C=O) groups is 1. The summed E-state index contributed by atoms with van der Waals surface area (Å²) in [7, 11) is -1.49. The van der Waals surface area contributed by atoms with Crippen molar-refractivity contribution < 1.29 is 13.2 Å². The van der Waals surface area contributed by atoms with Crippen LogP contribution in [0.4, 0.5) is 5.00 Å². The highest BCUT2D eigenvalue weighted by molar-refractivity contribution is 7.89. The van der Waals surface area contributed by atoms with E-state index >= 15 is 0 Å². The van der Waals surface area contributed by atoms with Gasteiger partial charge in [-0.1, -0.05) is 32.4 Å². The molecule has 0 bridgehead atoms. The molecular formula is C28H32N4O3S3. The van der Waals surface area contributed by atoms with Gasteiger partial charge in [0.05, 0.1) is 15.1 Å². The fourth-order valence-electron chi connectivity index (χ4n) is 4.71. The minimum absolute atomic E-state index is 0.205. The first kappa shape index (κ1) is 27.0. The van der Waals surface area contributed by atoms with E-state index in [1.54, 1.807) is 34.8 Å². The van der Waals surface area contributed by atoms with Crippen LogP contribution in [-0.2, 0) is 23.0 Å². The van der Waals surface area contributed by atoms with Crippen molar-refractivity contribution in [3.8, 4) is 10.6 Å². The first-order chi connectivity index (χ1) is 18.3. The molecule has 10 heteroatoms. The Kier molecular flexibility index (Phi) is 7.97. The van der Waals surface area contributed by atoms with Gasteiger partial charge in [0, 0.05) is 42.2 Å². The summed E-state index contributed by atoms with van der Waals surface area (Å²) in [6.45, 7) is 6.58. The van der Waals surface area contributed by atoms with Crippen molar-refractivity contribution in [2.24, 2.45) is 0 Å². The third-order valence-electron chi connectivity index (χ3n) is 6.85. The molecule has 0 saturated carbocycles.